The van der Waals surface area contributed by atoms with Crippen molar-refractivity contribution in [3.05, 3.63) is 35.9 Å². The van der Waals surface area contributed by atoms with Gasteiger partial charge in [-0.25, -0.2) is 9.59 Å². The van der Waals surface area contributed by atoms with Crippen LogP contribution in [-0.2, 0) is 19.1 Å². The number of hydrogen-bond acceptors (Lipinski definition) is 6. The molecule has 2 rings (SSSR count). The largest absolute Gasteiger partial charge is 0.467 e. The summed E-state index contributed by atoms with van der Waals surface area (Å²) in [6.07, 6.45) is 0. The smallest absolute Gasteiger partial charge is 0.354 e. The fourth-order valence-corrected chi connectivity index (χ4v) is 2.36. The van der Waals surface area contributed by atoms with Crippen LogP contribution in [0.15, 0.2) is 35.4 Å². The van der Waals surface area contributed by atoms with E-state index in [1.165, 1.54) is 14.2 Å². The normalized spacial score (nSPS) is 24.6. The summed E-state index contributed by atoms with van der Waals surface area (Å²) >= 11 is 0. The van der Waals surface area contributed by atoms with Gasteiger partial charge in [-0.3, -0.25) is 5.43 Å². The van der Waals surface area contributed by atoms with Crippen LogP contribution in [0.5, 0.6) is 0 Å². The Labute approximate surface area is 116 Å². The first-order valence-electron chi connectivity index (χ1n) is 6.11. The number of carbonyl (C=O) groups excluding carboxylic acids is 2. The third-order valence-corrected chi connectivity index (χ3v) is 3.40. The predicted molar refractivity (Wildman–Crippen MR) is 72.2 cm³/mol. The Balaban J connectivity index is 2.49. The summed E-state index contributed by atoms with van der Waals surface area (Å²) in [6, 6.07) is 9.19. The molecule has 1 N–H and O–H groups in total. The summed E-state index contributed by atoms with van der Waals surface area (Å²) in [6.45, 7) is 1.65. The van der Waals surface area contributed by atoms with Gasteiger partial charge in [-0.15, -0.1) is 0 Å². The minimum atomic E-state index is -1.14. The Morgan fingerprint density at radius 2 is 1.85 bits per heavy atom. The van der Waals surface area contributed by atoms with Gasteiger partial charge in [0, 0.05) is 0 Å². The van der Waals surface area contributed by atoms with Crippen molar-refractivity contribution >= 4 is 17.7 Å². The summed E-state index contributed by atoms with van der Waals surface area (Å²) in [5.74, 6) is -1.63. The lowest BCUT2D eigenvalue weighted by Gasteiger charge is -2.28. The average Bonchev–Trinajstić information content (AvgIpc) is 2.85. The second-order valence-corrected chi connectivity index (χ2v) is 4.64. The van der Waals surface area contributed by atoms with E-state index >= 15 is 0 Å². The highest BCUT2D eigenvalue weighted by Gasteiger charge is 2.52. The molecule has 2 atom stereocenters. The van der Waals surface area contributed by atoms with Gasteiger partial charge in [-0.2, -0.15) is 5.10 Å². The van der Waals surface area contributed by atoms with Crippen LogP contribution in [0.3, 0.4) is 0 Å². The zero-order valence-corrected chi connectivity index (χ0v) is 11.5. The molecule has 0 saturated carbocycles. The number of nitrogens with one attached hydrogen (secondary N) is 1. The standard InChI is InChI=1S/C14H16N2O4/c1-14(13(18)20-3)10(9-7-5-4-6-8-9)11(15-16-14)12(17)19-2/h4-8,10,16H,1-3H3/t10-,14-/m0/s1. The van der Waals surface area contributed by atoms with Gasteiger partial charge < -0.3 is 9.47 Å². The lowest BCUT2D eigenvalue weighted by Crippen LogP contribution is -2.50. The zero-order chi connectivity index (χ0) is 14.8. The maximum absolute atomic E-state index is 12.1. The van der Waals surface area contributed by atoms with Crippen LogP contribution >= 0.6 is 0 Å². The number of methoxy groups -OCH3 is 2. The minimum Gasteiger partial charge on any atom is -0.467 e. The number of esters is 2. The van der Waals surface area contributed by atoms with Gasteiger partial charge in [0.05, 0.1) is 20.1 Å². The first-order valence-corrected chi connectivity index (χ1v) is 6.11. The van der Waals surface area contributed by atoms with Gasteiger partial charge in [0.25, 0.3) is 0 Å². The number of ether oxygens (including phenoxy) is 2. The lowest BCUT2D eigenvalue weighted by atomic mass is 9.79. The molecule has 1 aromatic carbocycles. The van der Waals surface area contributed by atoms with Gasteiger partial charge in [-0.1, -0.05) is 30.3 Å². The van der Waals surface area contributed by atoms with E-state index in [4.69, 9.17) is 9.47 Å². The quantitative estimate of drug-likeness (QED) is 0.828. The monoisotopic (exact) mass is 276 g/mol. The summed E-state index contributed by atoms with van der Waals surface area (Å²) in [5, 5.41) is 3.98. The molecular weight excluding hydrogens is 260 g/mol. The molecule has 106 valence electrons. The Hall–Kier alpha value is -2.37. The van der Waals surface area contributed by atoms with Crippen LogP contribution < -0.4 is 5.43 Å². The molecule has 0 amide bonds. The van der Waals surface area contributed by atoms with Gasteiger partial charge in [0.15, 0.2) is 11.3 Å². The van der Waals surface area contributed by atoms with E-state index in [-0.39, 0.29) is 5.71 Å². The Bertz CT molecular complexity index is 556. The molecule has 0 saturated heterocycles. The van der Waals surface area contributed by atoms with Crippen molar-refractivity contribution in [2.75, 3.05) is 14.2 Å². The van der Waals surface area contributed by atoms with Crippen molar-refractivity contribution in [2.45, 2.75) is 18.4 Å². The number of hydrogen-bond donors (Lipinski definition) is 1. The summed E-state index contributed by atoms with van der Waals surface area (Å²) in [7, 11) is 2.58. The van der Waals surface area contributed by atoms with Crippen LogP contribution in [0.25, 0.3) is 0 Å². The van der Waals surface area contributed by atoms with Crippen molar-refractivity contribution in [2.24, 2.45) is 5.10 Å². The molecule has 1 aliphatic heterocycles. The zero-order valence-electron chi connectivity index (χ0n) is 11.5. The summed E-state index contributed by atoms with van der Waals surface area (Å²) < 4.78 is 9.55. The second kappa shape index (κ2) is 5.32. The van der Waals surface area contributed by atoms with E-state index in [2.05, 4.69) is 10.5 Å². The van der Waals surface area contributed by atoms with Crippen molar-refractivity contribution in [1.82, 2.24) is 5.43 Å². The number of carbonyl (C=O) groups is 2. The molecule has 0 aliphatic carbocycles. The number of hydrazone groups is 1. The average molecular weight is 276 g/mol. The Morgan fingerprint density at radius 3 is 2.40 bits per heavy atom. The van der Waals surface area contributed by atoms with E-state index in [1.54, 1.807) is 6.92 Å². The minimum absolute atomic E-state index is 0.159. The fraction of sp³-hybridized carbons (Fsp3) is 0.357. The summed E-state index contributed by atoms with van der Waals surface area (Å²) in [5.41, 5.74) is 2.52. The van der Waals surface area contributed by atoms with Crippen LogP contribution in [-0.4, -0.2) is 37.4 Å². The number of nitrogens with zero attached hydrogens (tertiary/aromatic N) is 1. The first kappa shape index (κ1) is 14.0. The molecule has 1 aromatic rings. The van der Waals surface area contributed by atoms with Crippen molar-refractivity contribution in [1.29, 1.82) is 0 Å². The van der Waals surface area contributed by atoms with Gasteiger partial charge >= 0.3 is 11.9 Å². The van der Waals surface area contributed by atoms with Crippen molar-refractivity contribution in [3.8, 4) is 0 Å². The van der Waals surface area contributed by atoms with Crippen LogP contribution in [0, 0.1) is 0 Å². The maximum atomic E-state index is 12.1. The van der Waals surface area contributed by atoms with Crippen molar-refractivity contribution in [3.63, 3.8) is 0 Å². The first-order chi connectivity index (χ1) is 9.54. The molecule has 0 fully saturated rings. The van der Waals surface area contributed by atoms with E-state index in [9.17, 15) is 9.59 Å². The van der Waals surface area contributed by atoms with Crippen LogP contribution in [0.1, 0.15) is 18.4 Å². The lowest BCUT2D eigenvalue weighted by molar-refractivity contribution is -0.147. The van der Waals surface area contributed by atoms with Gasteiger partial charge in [0.1, 0.15) is 0 Å². The topological polar surface area (TPSA) is 77.0 Å². The Kier molecular flexibility index (Phi) is 3.74. The third-order valence-electron chi connectivity index (χ3n) is 3.40. The molecule has 1 aliphatic rings. The van der Waals surface area contributed by atoms with Crippen LogP contribution in [0.2, 0.25) is 0 Å². The number of benzene rings is 1. The second-order valence-electron chi connectivity index (χ2n) is 4.64. The number of rotatable bonds is 3. The molecule has 1 heterocycles. The molecule has 0 aromatic heterocycles. The maximum Gasteiger partial charge on any atom is 0.354 e. The molecule has 0 unspecified atom stereocenters. The highest BCUT2D eigenvalue weighted by molar-refractivity contribution is 6.40. The molecular formula is C14H16N2O4. The summed E-state index contributed by atoms with van der Waals surface area (Å²) in [4.78, 5) is 23.9. The van der Waals surface area contributed by atoms with E-state index in [0.717, 1.165) is 5.56 Å². The highest BCUT2D eigenvalue weighted by atomic mass is 16.5. The molecule has 0 spiro atoms. The van der Waals surface area contributed by atoms with Gasteiger partial charge in [-0.05, 0) is 12.5 Å². The SMILES string of the molecule is COC(=O)C1=NN[C@](C)(C(=O)OC)[C@H]1c1ccccc1. The van der Waals surface area contributed by atoms with E-state index in [1.807, 2.05) is 30.3 Å². The Morgan fingerprint density at radius 1 is 1.20 bits per heavy atom. The van der Waals surface area contributed by atoms with E-state index < -0.39 is 23.4 Å². The van der Waals surface area contributed by atoms with Crippen molar-refractivity contribution < 1.29 is 19.1 Å². The molecule has 6 nitrogen and oxygen atoms in total. The van der Waals surface area contributed by atoms with Crippen LogP contribution in [0.4, 0.5) is 0 Å². The molecule has 20 heavy (non-hydrogen) atoms. The van der Waals surface area contributed by atoms with E-state index in [0.29, 0.717) is 0 Å². The predicted octanol–water partition coefficient (Wildman–Crippen LogP) is 0.834. The third kappa shape index (κ3) is 2.13. The highest BCUT2D eigenvalue weighted by Crippen LogP contribution is 2.35. The fourth-order valence-electron chi connectivity index (χ4n) is 2.36. The molecule has 0 radical (unpaired) electrons. The molecule has 0 bridgehead atoms. The molecule has 6 heteroatoms. The van der Waals surface area contributed by atoms with Gasteiger partial charge in [0.2, 0.25) is 0 Å².